The van der Waals surface area contributed by atoms with Crippen LogP contribution >= 0.6 is 11.6 Å². The fourth-order valence-electron chi connectivity index (χ4n) is 2.25. The predicted octanol–water partition coefficient (Wildman–Crippen LogP) is 4.29. The predicted molar refractivity (Wildman–Crippen MR) is 76.1 cm³/mol. The number of halogens is 1. The molecule has 0 spiro atoms. The molecular weight excluding hydrogens is 246 g/mol. The van der Waals surface area contributed by atoms with Gasteiger partial charge in [-0.3, -0.25) is 4.79 Å². The van der Waals surface area contributed by atoms with Crippen molar-refractivity contribution in [3.63, 3.8) is 0 Å². The Kier molecular flexibility index (Phi) is 4.28. The van der Waals surface area contributed by atoms with E-state index in [1.807, 2.05) is 12.1 Å². The minimum atomic E-state index is 0.0721. The van der Waals surface area contributed by atoms with E-state index in [9.17, 15) is 4.79 Å². The summed E-state index contributed by atoms with van der Waals surface area (Å²) in [6.45, 7) is 4.42. The molecule has 18 heavy (non-hydrogen) atoms. The summed E-state index contributed by atoms with van der Waals surface area (Å²) < 4.78 is 0. The maximum absolute atomic E-state index is 11.3. The van der Waals surface area contributed by atoms with Crippen molar-refractivity contribution in [1.29, 1.82) is 0 Å². The summed E-state index contributed by atoms with van der Waals surface area (Å²) in [5.74, 6) is 0.750. The number of carbonyl (C=O) groups is 1. The van der Waals surface area contributed by atoms with Gasteiger partial charge in [0.25, 0.3) is 0 Å². The first-order valence-electron chi connectivity index (χ1n) is 6.67. The maximum atomic E-state index is 11.3. The van der Waals surface area contributed by atoms with Crippen LogP contribution in [0.5, 0.6) is 0 Å². The zero-order chi connectivity index (χ0) is 13.1. The van der Waals surface area contributed by atoms with Gasteiger partial charge in [0.2, 0.25) is 5.91 Å². The number of alkyl halides is 1. The lowest BCUT2D eigenvalue weighted by atomic mass is 9.95. The third-order valence-electron chi connectivity index (χ3n) is 3.69. The van der Waals surface area contributed by atoms with Crippen LogP contribution in [0.4, 0.5) is 5.69 Å². The molecule has 2 unspecified atom stereocenters. The molecule has 0 aromatic heterocycles. The Morgan fingerprint density at radius 1 is 1.39 bits per heavy atom. The molecule has 2 nitrogen and oxygen atoms in total. The number of anilines is 1. The van der Waals surface area contributed by atoms with Crippen molar-refractivity contribution in [1.82, 2.24) is 0 Å². The third-order valence-corrected chi connectivity index (χ3v) is 4.12. The number of carbonyl (C=O) groups excluding carboxylic acids is 1. The molecule has 0 bridgehead atoms. The van der Waals surface area contributed by atoms with Crippen molar-refractivity contribution in [3.05, 3.63) is 29.3 Å². The zero-order valence-corrected chi connectivity index (χ0v) is 11.8. The number of aryl methyl sites for hydroxylation is 1. The molecule has 1 amide bonds. The molecule has 3 heteroatoms. The largest absolute Gasteiger partial charge is 0.326 e. The Hall–Kier alpha value is -1.02. The van der Waals surface area contributed by atoms with Gasteiger partial charge >= 0.3 is 0 Å². The van der Waals surface area contributed by atoms with E-state index in [0.717, 1.165) is 24.9 Å². The summed E-state index contributed by atoms with van der Waals surface area (Å²) in [4.78, 5) is 11.3. The van der Waals surface area contributed by atoms with E-state index in [4.69, 9.17) is 11.6 Å². The number of benzene rings is 1. The molecule has 0 saturated carbocycles. The van der Waals surface area contributed by atoms with Crippen molar-refractivity contribution < 1.29 is 4.79 Å². The van der Waals surface area contributed by atoms with Crippen LogP contribution in [-0.2, 0) is 11.2 Å². The molecule has 0 saturated heterocycles. The first-order valence-corrected chi connectivity index (χ1v) is 7.10. The Morgan fingerprint density at radius 2 is 2.17 bits per heavy atom. The van der Waals surface area contributed by atoms with Gasteiger partial charge in [-0.1, -0.05) is 32.4 Å². The van der Waals surface area contributed by atoms with Crippen LogP contribution < -0.4 is 5.32 Å². The maximum Gasteiger partial charge on any atom is 0.224 e. The normalized spacial score (nSPS) is 17.8. The molecule has 0 radical (unpaired) electrons. The third kappa shape index (κ3) is 3.05. The van der Waals surface area contributed by atoms with Crippen LogP contribution in [0, 0.1) is 5.92 Å². The summed E-state index contributed by atoms with van der Waals surface area (Å²) in [5, 5.41) is 2.97. The first-order chi connectivity index (χ1) is 8.60. The van der Waals surface area contributed by atoms with Crippen molar-refractivity contribution in [3.8, 4) is 0 Å². The standard InChI is InChI=1S/C15H20ClNO/c1-3-10(2)8-13(16)11-4-6-14-12(9-11)5-7-15(18)17-14/h4,6,9-10,13H,3,5,7-8H2,1-2H3,(H,17,18). The fraction of sp³-hybridized carbons (Fsp3) is 0.533. The van der Waals surface area contributed by atoms with E-state index in [2.05, 4.69) is 25.2 Å². The number of nitrogens with one attached hydrogen (secondary N) is 1. The average molecular weight is 266 g/mol. The van der Waals surface area contributed by atoms with E-state index in [0.29, 0.717) is 12.3 Å². The number of fused-ring (bicyclic) bond motifs is 1. The van der Waals surface area contributed by atoms with Gasteiger partial charge in [0.15, 0.2) is 0 Å². The van der Waals surface area contributed by atoms with Gasteiger partial charge in [0, 0.05) is 12.1 Å². The summed E-state index contributed by atoms with van der Waals surface area (Å²) >= 11 is 6.46. The number of amides is 1. The van der Waals surface area contributed by atoms with E-state index >= 15 is 0 Å². The SMILES string of the molecule is CCC(C)CC(Cl)c1ccc2c(c1)CCC(=O)N2. The molecule has 1 aliphatic heterocycles. The second-order valence-electron chi connectivity index (χ2n) is 5.18. The van der Waals surface area contributed by atoms with Crippen molar-refractivity contribution in [2.75, 3.05) is 5.32 Å². The topological polar surface area (TPSA) is 29.1 Å². The van der Waals surface area contributed by atoms with Gasteiger partial charge in [-0.15, -0.1) is 11.6 Å². The Labute approximate surface area is 114 Å². The molecule has 0 fully saturated rings. The molecule has 98 valence electrons. The van der Waals surface area contributed by atoms with Crippen molar-refractivity contribution in [2.45, 2.75) is 44.9 Å². The summed E-state index contributed by atoms with van der Waals surface area (Å²) in [6, 6.07) is 6.16. The molecule has 2 rings (SSSR count). The lowest BCUT2D eigenvalue weighted by Crippen LogP contribution is -2.19. The molecule has 2 atom stereocenters. The second kappa shape index (κ2) is 5.75. The molecule has 1 N–H and O–H groups in total. The lowest BCUT2D eigenvalue weighted by Gasteiger charge is -2.20. The highest BCUT2D eigenvalue weighted by Crippen LogP contribution is 2.32. The van der Waals surface area contributed by atoms with Gasteiger partial charge in [0.05, 0.1) is 5.38 Å². The summed E-state index contributed by atoms with van der Waals surface area (Å²) in [7, 11) is 0. The number of hydrogen-bond donors (Lipinski definition) is 1. The van der Waals surface area contributed by atoms with Gasteiger partial charge in [-0.2, -0.15) is 0 Å². The monoisotopic (exact) mass is 265 g/mol. The molecule has 1 aliphatic rings. The highest BCUT2D eigenvalue weighted by molar-refractivity contribution is 6.20. The van der Waals surface area contributed by atoms with E-state index in [1.54, 1.807) is 0 Å². The second-order valence-corrected chi connectivity index (χ2v) is 5.71. The molecule has 0 aliphatic carbocycles. The molecular formula is C15H20ClNO. The number of rotatable bonds is 4. The molecule has 1 heterocycles. The molecule has 1 aromatic carbocycles. The Morgan fingerprint density at radius 3 is 2.89 bits per heavy atom. The van der Waals surface area contributed by atoms with Crippen LogP contribution in [-0.4, -0.2) is 5.91 Å². The number of hydrogen-bond acceptors (Lipinski definition) is 1. The smallest absolute Gasteiger partial charge is 0.224 e. The van der Waals surface area contributed by atoms with Gasteiger partial charge < -0.3 is 5.32 Å². The van der Waals surface area contributed by atoms with Crippen LogP contribution in [0.3, 0.4) is 0 Å². The van der Waals surface area contributed by atoms with Crippen LogP contribution in [0.1, 0.15) is 49.6 Å². The Balaban J connectivity index is 2.13. The Bertz CT molecular complexity index is 444. The highest BCUT2D eigenvalue weighted by atomic mass is 35.5. The van der Waals surface area contributed by atoms with Gasteiger partial charge in [-0.25, -0.2) is 0 Å². The van der Waals surface area contributed by atoms with Crippen LogP contribution in [0.2, 0.25) is 0 Å². The lowest BCUT2D eigenvalue weighted by molar-refractivity contribution is -0.116. The van der Waals surface area contributed by atoms with Crippen LogP contribution in [0.15, 0.2) is 18.2 Å². The highest BCUT2D eigenvalue weighted by Gasteiger charge is 2.17. The minimum absolute atomic E-state index is 0.0721. The zero-order valence-electron chi connectivity index (χ0n) is 11.0. The fourth-order valence-corrected chi connectivity index (χ4v) is 2.69. The minimum Gasteiger partial charge on any atom is -0.326 e. The van der Waals surface area contributed by atoms with Gasteiger partial charge in [0.1, 0.15) is 0 Å². The van der Waals surface area contributed by atoms with Crippen molar-refractivity contribution in [2.24, 2.45) is 5.92 Å². The van der Waals surface area contributed by atoms with E-state index in [-0.39, 0.29) is 11.3 Å². The first kappa shape index (κ1) is 13.4. The van der Waals surface area contributed by atoms with E-state index < -0.39 is 0 Å². The van der Waals surface area contributed by atoms with Crippen LogP contribution in [0.25, 0.3) is 0 Å². The average Bonchev–Trinajstić information content (AvgIpc) is 2.37. The quantitative estimate of drug-likeness (QED) is 0.809. The summed E-state index contributed by atoms with van der Waals surface area (Å²) in [6.07, 6.45) is 3.56. The summed E-state index contributed by atoms with van der Waals surface area (Å²) in [5.41, 5.74) is 3.33. The molecule has 1 aromatic rings. The van der Waals surface area contributed by atoms with Crippen molar-refractivity contribution >= 4 is 23.2 Å². The van der Waals surface area contributed by atoms with E-state index in [1.165, 1.54) is 11.1 Å². The van der Waals surface area contributed by atoms with Gasteiger partial charge in [-0.05, 0) is 36.0 Å².